The lowest BCUT2D eigenvalue weighted by Crippen LogP contribution is -2.29. The maximum atomic E-state index is 11.2. The summed E-state index contributed by atoms with van der Waals surface area (Å²) in [6.07, 6.45) is 4.65. The number of anilines is 1. The quantitative estimate of drug-likeness (QED) is 0.230. The Morgan fingerprint density at radius 2 is 1.76 bits per heavy atom. The van der Waals surface area contributed by atoms with Gasteiger partial charge in [-0.05, 0) is 60.5 Å². The average Bonchev–Trinajstić information content (AvgIpc) is 3.36. The monoisotopic (exact) mass is 533 g/mol. The molecule has 0 aliphatic heterocycles. The molecular weight excluding hydrogens is 513 g/mol. The van der Waals surface area contributed by atoms with E-state index < -0.39 is 10.8 Å². The Balaban J connectivity index is 1.28. The largest absolute Gasteiger partial charge is 0.478 e. The summed E-state index contributed by atoms with van der Waals surface area (Å²) in [6.45, 7) is 0. The number of allylic oxidation sites excluding steroid dienone is 4. The summed E-state index contributed by atoms with van der Waals surface area (Å²) in [5.41, 5.74) is 2.66. The Labute approximate surface area is 223 Å². The molecule has 1 atom stereocenters. The molecule has 7 nitrogen and oxygen atoms in total. The second-order valence-corrected chi connectivity index (χ2v) is 9.64. The fraction of sp³-hybridized carbons (Fsp3) is 0.107. The third-order valence-electron chi connectivity index (χ3n) is 5.75. The van der Waals surface area contributed by atoms with Crippen LogP contribution < -0.4 is 10.1 Å². The van der Waals surface area contributed by atoms with Crippen LogP contribution in [0.15, 0.2) is 106 Å². The van der Waals surface area contributed by atoms with Crippen LogP contribution in [0.4, 0.5) is 6.01 Å². The van der Waals surface area contributed by atoms with Crippen LogP contribution in [0.2, 0.25) is 0 Å². The van der Waals surface area contributed by atoms with E-state index in [2.05, 4.69) is 15.5 Å². The van der Waals surface area contributed by atoms with E-state index in [9.17, 15) is 9.90 Å². The van der Waals surface area contributed by atoms with Crippen LogP contribution in [0.5, 0.6) is 11.5 Å². The molecule has 2 N–H and O–H groups in total. The number of aromatic carboxylic acids is 1. The van der Waals surface area contributed by atoms with E-state index >= 15 is 0 Å². The molecule has 0 fully saturated rings. The zero-order valence-corrected chi connectivity index (χ0v) is 20.9. The minimum atomic E-state index is -1.03. The van der Waals surface area contributed by atoms with Crippen molar-refractivity contribution < 1.29 is 19.1 Å². The molecule has 0 radical (unpaired) electrons. The van der Waals surface area contributed by atoms with Gasteiger partial charge in [0.2, 0.25) is 5.89 Å². The number of nitrogens with one attached hydrogen (secondary N) is 1. The van der Waals surface area contributed by atoms with E-state index in [1.54, 1.807) is 36.4 Å². The molecule has 0 amide bonds. The molecular formula is C28H21Cl2N3O4. The lowest BCUT2D eigenvalue weighted by atomic mass is 9.90. The van der Waals surface area contributed by atoms with Gasteiger partial charge in [0.15, 0.2) is 0 Å². The number of halogens is 2. The average molecular weight is 534 g/mol. The molecule has 0 saturated carbocycles. The van der Waals surface area contributed by atoms with Crippen molar-refractivity contribution in [3.8, 4) is 23.0 Å². The molecule has 1 unspecified atom stereocenters. The predicted octanol–water partition coefficient (Wildman–Crippen LogP) is 7.27. The number of carbonyl (C=O) groups is 1. The molecule has 3 aromatic carbocycles. The first-order chi connectivity index (χ1) is 17.9. The van der Waals surface area contributed by atoms with Crippen molar-refractivity contribution in [3.05, 3.63) is 113 Å². The van der Waals surface area contributed by atoms with Gasteiger partial charge < -0.3 is 19.6 Å². The molecule has 1 aliphatic carbocycles. The Morgan fingerprint density at radius 1 is 1.00 bits per heavy atom. The molecule has 0 bridgehead atoms. The van der Waals surface area contributed by atoms with Gasteiger partial charge in [0.25, 0.3) is 0 Å². The first-order valence-electron chi connectivity index (χ1n) is 11.4. The fourth-order valence-electron chi connectivity index (χ4n) is 3.97. The maximum Gasteiger partial charge on any atom is 0.335 e. The molecule has 0 spiro atoms. The molecule has 1 aliphatic rings. The number of nitrogens with zero attached hydrogens (tertiary/aromatic N) is 2. The zero-order chi connectivity index (χ0) is 25.8. The van der Waals surface area contributed by atoms with Gasteiger partial charge in [-0.15, -0.1) is 16.7 Å². The number of hydrogen-bond donors (Lipinski definition) is 2. The summed E-state index contributed by atoms with van der Waals surface area (Å²) >= 11 is 13.4. The summed E-state index contributed by atoms with van der Waals surface area (Å²) < 4.78 is 11.7. The molecule has 5 rings (SSSR count). The van der Waals surface area contributed by atoms with Crippen LogP contribution >= 0.6 is 23.2 Å². The number of aromatic nitrogens is 2. The van der Waals surface area contributed by atoms with Crippen molar-refractivity contribution in [3.63, 3.8) is 0 Å². The van der Waals surface area contributed by atoms with Crippen molar-refractivity contribution in [1.29, 1.82) is 0 Å². The van der Waals surface area contributed by atoms with E-state index in [0.29, 0.717) is 40.8 Å². The van der Waals surface area contributed by atoms with Crippen LogP contribution in [0, 0.1) is 0 Å². The lowest BCUT2D eigenvalue weighted by Gasteiger charge is -2.30. The highest BCUT2D eigenvalue weighted by Gasteiger charge is 2.35. The van der Waals surface area contributed by atoms with Crippen molar-refractivity contribution >= 4 is 35.2 Å². The number of hydrogen-bond acceptors (Lipinski definition) is 6. The van der Waals surface area contributed by atoms with Gasteiger partial charge in [0.05, 0.1) is 10.4 Å². The Hall–Kier alpha value is -4.07. The third kappa shape index (κ3) is 5.85. The number of alkyl halides is 1. The standard InChI is InChI=1S/C28H21Cl2N3O4/c29-24-13-12-21(17-28(24,30)16-18-6-2-1-3-7-18)31-27-33-32-25(37-27)19-8-4-10-22(14-19)36-23-11-5-9-20(15-23)26(34)35/h1-15H,16-17H2,(H,31,33)(H,34,35). The number of rotatable bonds is 8. The van der Waals surface area contributed by atoms with Gasteiger partial charge in [-0.25, -0.2) is 4.79 Å². The summed E-state index contributed by atoms with van der Waals surface area (Å²) in [6, 6.07) is 23.5. The van der Waals surface area contributed by atoms with Crippen LogP contribution in [-0.2, 0) is 6.42 Å². The SMILES string of the molecule is O=C(O)c1cccc(Oc2cccc(-c3nnc(NC4=CC=C(Cl)C(Cl)(Cc5ccccc5)C4)o3)c2)c1. The molecule has 0 saturated heterocycles. The van der Waals surface area contributed by atoms with Gasteiger partial charge in [-0.2, -0.15) is 0 Å². The van der Waals surface area contributed by atoms with E-state index in [1.807, 2.05) is 42.5 Å². The smallest absolute Gasteiger partial charge is 0.335 e. The van der Waals surface area contributed by atoms with Crippen molar-refractivity contribution in [2.45, 2.75) is 17.7 Å². The van der Waals surface area contributed by atoms with E-state index in [1.165, 1.54) is 12.1 Å². The van der Waals surface area contributed by atoms with Crippen molar-refractivity contribution in [1.82, 2.24) is 10.2 Å². The summed E-state index contributed by atoms with van der Waals surface area (Å²) in [4.78, 5) is 10.4. The normalized spacial score (nSPS) is 17.0. The number of carboxylic acid groups (broad SMARTS) is 1. The first-order valence-corrected chi connectivity index (χ1v) is 12.2. The summed E-state index contributed by atoms with van der Waals surface area (Å²) in [7, 11) is 0. The second-order valence-electron chi connectivity index (χ2n) is 8.51. The van der Waals surface area contributed by atoms with E-state index in [0.717, 1.165) is 11.3 Å². The van der Waals surface area contributed by atoms with Gasteiger partial charge in [0.1, 0.15) is 11.5 Å². The van der Waals surface area contributed by atoms with Gasteiger partial charge in [-0.1, -0.05) is 59.2 Å². The first kappa shape index (κ1) is 24.6. The Morgan fingerprint density at radius 3 is 2.54 bits per heavy atom. The molecule has 1 heterocycles. The summed E-state index contributed by atoms with van der Waals surface area (Å²) in [5, 5.41) is 21.2. The predicted molar refractivity (Wildman–Crippen MR) is 142 cm³/mol. The zero-order valence-electron chi connectivity index (χ0n) is 19.4. The van der Waals surface area contributed by atoms with Crippen LogP contribution in [0.1, 0.15) is 22.3 Å². The minimum absolute atomic E-state index is 0.138. The topological polar surface area (TPSA) is 97.5 Å². The number of benzene rings is 3. The minimum Gasteiger partial charge on any atom is -0.478 e. The van der Waals surface area contributed by atoms with Gasteiger partial charge in [0, 0.05) is 22.7 Å². The molecule has 9 heteroatoms. The number of carboxylic acids is 1. The highest BCUT2D eigenvalue weighted by molar-refractivity contribution is 6.40. The maximum absolute atomic E-state index is 11.2. The summed E-state index contributed by atoms with van der Waals surface area (Å²) in [5.74, 6) is 0.164. The van der Waals surface area contributed by atoms with Crippen molar-refractivity contribution in [2.24, 2.45) is 0 Å². The van der Waals surface area contributed by atoms with Crippen LogP contribution in [0.3, 0.4) is 0 Å². The van der Waals surface area contributed by atoms with E-state index in [-0.39, 0.29) is 11.6 Å². The third-order valence-corrected chi connectivity index (χ3v) is 6.80. The van der Waals surface area contributed by atoms with Crippen LogP contribution in [-0.4, -0.2) is 26.1 Å². The van der Waals surface area contributed by atoms with Crippen molar-refractivity contribution in [2.75, 3.05) is 5.32 Å². The number of ether oxygens (including phenoxy) is 1. The molecule has 37 heavy (non-hydrogen) atoms. The van der Waals surface area contributed by atoms with Gasteiger partial charge in [-0.3, -0.25) is 0 Å². The van der Waals surface area contributed by atoms with Crippen LogP contribution in [0.25, 0.3) is 11.5 Å². The highest BCUT2D eigenvalue weighted by Crippen LogP contribution is 2.41. The highest BCUT2D eigenvalue weighted by atomic mass is 35.5. The Kier molecular flexibility index (Phi) is 6.99. The molecule has 4 aromatic rings. The second kappa shape index (κ2) is 10.5. The Bertz CT molecular complexity index is 1500. The lowest BCUT2D eigenvalue weighted by molar-refractivity contribution is 0.0696. The van der Waals surface area contributed by atoms with Gasteiger partial charge >= 0.3 is 12.0 Å². The molecule has 186 valence electrons. The fourth-order valence-corrected chi connectivity index (χ4v) is 4.53. The molecule has 1 aromatic heterocycles. The van der Waals surface area contributed by atoms with E-state index in [4.69, 9.17) is 32.4 Å².